The van der Waals surface area contributed by atoms with Crippen LogP contribution in [0.15, 0.2) is 0 Å². The molecule has 0 aromatic carbocycles. The van der Waals surface area contributed by atoms with E-state index >= 15 is 0 Å². The van der Waals surface area contributed by atoms with Gasteiger partial charge in [0.25, 0.3) is 0 Å². The summed E-state index contributed by atoms with van der Waals surface area (Å²) in [7, 11) is 0. The van der Waals surface area contributed by atoms with Crippen molar-refractivity contribution in [3.8, 4) is 0 Å². The number of hydrogen-bond acceptors (Lipinski definition) is 4. The quantitative estimate of drug-likeness (QED) is 0.460. The van der Waals surface area contributed by atoms with E-state index in [1.807, 2.05) is 0 Å². The Balaban J connectivity index is -0.0000000300. The summed E-state index contributed by atoms with van der Waals surface area (Å²) in [5, 5.41) is 17.8. The second kappa shape index (κ2) is 16.1. The van der Waals surface area contributed by atoms with Crippen LogP contribution in [0.5, 0.6) is 0 Å². The fourth-order valence-corrected chi connectivity index (χ4v) is 0. The summed E-state index contributed by atoms with van der Waals surface area (Å²) in [6.07, 6.45) is 0. The van der Waals surface area contributed by atoms with Crippen LogP contribution in [-0.4, -0.2) is 11.9 Å². The van der Waals surface area contributed by atoms with E-state index in [9.17, 15) is 0 Å². The SMILES string of the molecule is CC(=O)[O-].CC(=O)[O-].[Pd+2].[Pd+2]. The van der Waals surface area contributed by atoms with Crippen LogP contribution in [0.4, 0.5) is 0 Å². The van der Waals surface area contributed by atoms with Crippen molar-refractivity contribution in [2.24, 2.45) is 0 Å². The average Bonchev–Trinajstić information content (AvgIpc) is 1.25. The Hall–Kier alpha value is 0.265. The van der Waals surface area contributed by atoms with E-state index in [-0.39, 0.29) is 40.8 Å². The van der Waals surface area contributed by atoms with Gasteiger partial charge >= 0.3 is 40.8 Å². The maximum Gasteiger partial charge on any atom is 2.00 e. The number of hydrogen-bond donors (Lipinski definition) is 0. The van der Waals surface area contributed by atoms with Gasteiger partial charge in [0.1, 0.15) is 0 Å². The van der Waals surface area contributed by atoms with E-state index in [1.165, 1.54) is 0 Å². The molecule has 0 saturated carbocycles. The normalized spacial score (nSPS) is 5.00. The molecule has 4 nitrogen and oxygen atoms in total. The van der Waals surface area contributed by atoms with Gasteiger partial charge in [0, 0.05) is 11.9 Å². The van der Waals surface area contributed by atoms with Crippen molar-refractivity contribution >= 4 is 11.9 Å². The summed E-state index contributed by atoms with van der Waals surface area (Å²) in [6.45, 7) is 1.94. The first kappa shape index (κ1) is 22.4. The molecule has 0 saturated heterocycles. The summed E-state index contributed by atoms with van der Waals surface area (Å²) < 4.78 is 0. The predicted molar refractivity (Wildman–Crippen MR) is 21.4 cm³/mol. The van der Waals surface area contributed by atoms with Crippen molar-refractivity contribution in [2.75, 3.05) is 0 Å². The van der Waals surface area contributed by atoms with Gasteiger partial charge < -0.3 is 19.8 Å². The third kappa shape index (κ3) is 6230. The zero-order chi connectivity index (χ0) is 7.15. The monoisotopic (exact) mass is 330 g/mol. The van der Waals surface area contributed by atoms with Crippen molar-refractivity contribution in [1.29, 1.82) is 0 Å². The topological polar surface area (TPSA) is 80.3 Å². The van der Waals surface area contributed by atoms with Gasteiger partial charge in [-0.3, -0.25) is 0 Å². The van der Waals surface area contributed by atoms with E-state index in [0.717, 1.165) is 13.8 Å². The Morgan fingerprint density at radius 2 is 0.900 bits per heavy atom. The van der Waals surface area contributed by atoms with Crippen LogP contribution < -0.4 is 10.2 Å². The zero-order valence-corrected chi connectivity index (χ0v) is 8.37. The molecule has 0 bridgehead atoms. The van der Waals surface area contributed by atoms with Gasteiger partial charge in [0.05, 0.1) is 0 Å². The van der Waals surface area contributed by atoms with E-state index in [2.05, 4.69) is 0 Å². The smallest absolute Gasteiger partial charge is 0.550 e. The molecule has 0 N–H and O–H groups in total. The molecule has 0 aliphatic heterocycles. The number of carboxylic acids is 2. The molecule has 0 radical (unpaired) electrons. The molecule has 0 fully saturated rings. The summed E-state index contributed by atoms with van der Waals surface area (Å²) >= 11 is 0. The first-order valence-corrected chi connectivity index (χ1v) is 1.82. The van der Waals surface area contributed by atoms with Gasteiger partial charge in [-0.2, -0.15) is 0 Å². The third-order valence-corrected chi connectivity index (χ3v) is 0. The van der Waals surface area contributed by atoms with Crippen molar-refractivity contribution in [2.45, 2.75) is 13.8 Å². The van der Waals surface area contributed by atoms with E-state index < -0.39 is 11.9 Å². The average molecular weight is 331 g/mol. The van der Waals surface area contributed by atoms with Crippen LogP contribution in [0.1, 0.15) is 13.8 Å². The minimum absolute atomic E-state index is 0. The first-order valence-electron chi connectivity index (χ1n) is 1.82. The van der Waals surface area contributed by atoms with Crippen LogP contribution in [0.25, 0.3) is 0 Å². The number of rotatable bonds is 0. The summed E-state index contributed by atoms with van der Waals surface area (Å²) in [6, 6.07) is 0. The van der Waals surface area contributed by atoms with Gasteiger partial charge in [-0.25, -0.2) is 0 Å². The maximum absolute atomic E-state index is 8.89. The molecule has 6 heteroatoms. The molecule has 0 aromatic heterocycles. The Morgan fingerprint density at radius 1 is 0.900 bits per heavy atom. The van der Waals surface area contributed by atoms with Crippen molar-refractivity contribution in [1.82, 2.24) is 0 Å². The molecule has 10 heavy (non-hydrogen) atoms. The first-order chi connectivity index (χ1) is 3.46. The predicted octanol–water partition coefficient (Wildman–Crippen LogP) is -2.49. The molecule has 0 aliphatic carbocycles. The van der Waals surface area contributed by atoms with Gasteiger partial charge in [0.2, 0.25) is 0 Å². The van der Waals surface area contributed by atoms with Crippen LogP contribution >= 0.6 is 0 Å². The molecule has 0 spiro atoms. The fraction of sp³-hybridized carbons (Fsp3) is 0.500. The third-order valence-electron chi connectivity index (χ3n) is 0. The number of carbonyl (C=O) groups is 2. The molecule has 0 unspecified atom stereocenters. The number of carbonyl (C=O) groups excluding carboxylic acids is 2. The standard InChI is InChI=1S/2C2H4O2.2Pd/c2*1-2(3)4;;/h2*1H3,(H,3,4);;/q;;2*+2/p-2. The van der Waals surface area contributed by atoms with E-state index in [4.69, 9.17) is 19.8 Å². The van der Waals surface area contributed by atoms with Crippen molar-refractivity contribution in [3.05, 3.63) is 0 Å². The maximum atomic E-state index is 8.89. The Morgan fingerprint density at radius 3 is 0.900 bits per heavy atom. The second-order valence-corrected chi connectivity index (χ2v) is 0.983. The summed E-state index contributed by atoms with van der Waals surface area (Å²) in [5.41, 5.74) is 0. The number of carboxylic acid groups (broad SMARTS) is 2. The van der Waals surface area contributed by atoms with E-state index in [1.54, 1.807) is 0 Å². The minimum Gasteiger partial charge on any atom is -0.550 e. The van der Waals surface area contributed by atoms with Crippen molar-refractivity contribution < 1.29 is 60.6 Å². The summed E-state index contributed by atoms with van der Waals surface area (Å²) in [4.78, 5) is 17.8. The van der Waals surface area contributed by atoms with Crippen LogP contribution in [0.2, 0.25) is 0 Å². The summed E-state index contributed by atoms with van der Waals surface area (Å²) in [5.74, 6) is -2.17. The molecule has 0 heterocycles. The van der Waals surface area contributed by atoms with Crippen LogP contribution in [0, 0.1) is 0 Å². The molecular weight excluding hydrogens is 325 g/mol. The second-order valence-electron chi connectivity index (χ2n) is 0.983. The molecule has 0 rings (SSSR count). The molecule has 0 amide bonds. The Labute approximate surface area is 86.3 Å². The van der Waals surface area contributed by atoms with Gasteiger partial charge in [-0.1, -0.05) is 0 Å². The van der Waals surface area contributed by atoms with Crippen LogP contribution in [0.3, 0.4) is 0 Å². The zero-order valence-electron chi connectivity index (χ0n) is 5.27. The fourth-order valence-electron chi connectivity index (χ4n) is 0. The largest absolute Gasteiger partial charge is 2.00 e. The van der Waals surface area contributed by atoms with Gasteiger partial charge in [0.15, 0.2) is 0 Å². The minimum atomic E-state index is -1.08. The Bertz CT molecular complexity index is 73.3. The Kier molecular flexibility index (Phi) is 36.2. The number of aliphatic carboxylic acids is 2. The molecule has 0 aliphatic rings. The van der Waals surface area contributed by atoms with Crippen LogP contribution in [-0.2, 0) is 50.4 Å². The van der Waals surface area contributed by atoms with Crippen molar-refractivity contribution in [3.63, 3.8) is 0 Å². The molecule has 64 valence electrons. The van der Waals surface area contributed by atoms with E-state index in [0.29, 0.717) is 0 Å². The molecule has 0 atom stereocenters. The van der Waals surface area contributed by atoms with Gasteiger partial charge in [-0.15, -0.1) is 0 Å². The molecular formula is C4H6O4Pd2+2. The molecule has 0 aromatic rings. The van der Waals surface area contributed by atoms with Gasteiger partial charge in [-0.05, 0) is 13.8 Å².